The highest BCUT2D eigenvalue weighted by atomic mass is 35.5. The summed E-state index contributed by atoms with van der Waals surface area (Å²) in [4.78, 5) is 11.2. The molecule has 0 amide bonds. The summed E-state index contributed by atoms with van der Waals surface area (Å²) in [5, 5.41) is -0.0904. The van der Waals surface area contributed by atoms with Crippen molar-refractivity contribution in [3.8, 4) is 5.75 Å². The van der Waals surface area contributed by atoms with Crippen molar-refractivity contribution in [1.82, 2.24) is 0 Å². The maximum absolute atomic E-state index is 12.6. The molecule has 0 fully saturated rings. The third-order valence-corrected chi connectivity index (χ3v) is 2.44. The summed E-state index contributed by atoms with van der Waals surface area (Å²) in [6, 6.07) is 1.52. The first-order chi connectivity index (χ1) is 7.77. The van der Waals surface area contributed by atoms with Crippen LogP contribution in [0.4, 0.5) is 13.2 Å². The van der Waals surface area contributed by atoms with Crippen molar-refractivity contribution in [3.05, 3.63) is 28.3 Å². The first-order valence-electron chi connectivity index (χ1n) is 4.81. The summed E-state index contributed by atoms with van der Waals surface area (Å²) in [6.45, 7) is 2.93. The lowest BCUT2D eigenvalue weighted by Crippen LogP contribution is -2.08. The molecular weight excluding hydrogens is 257 g/mol. The highest BCUT2D eigenvalue weighted by Gasteiger charge is 2.33. The molecule has 0 N–H and O–H groups in total. The number of Topliss-reactive ketones (excluding diaryl/α,β-unsaturated/α-hetero) is 1. The quantitative estimate of drug-likeness (QED) is 0.774. The molecule has 0 aliphatic carbocycles. The maximum Gasteiger partial charge on any atom is 0.416 e. The van der Waals surface area contributed by atoms with Gasteiger partial charge in [-0.3, -0.25) is 4.79 Å². The lowest BCUT2D eigenvalue weighted by molar-refractivity contribution is -0.137. The molecule has 0 atom stereocenters. The van der Waals surface area contributed by atoms with Gasteiger partial charge in [-0.25, -0.2) is 0 Å². The molecule has 0 saturated carbocycles. The van der Waals surface area contributed by atoms with E-state index in [9.17, 15) is 18.0 Å². The first kappa shape index (κ1) is 13.8. The number of ether oxygens (including phenoxy) is 1. The Morgan fingerprint density at radius 2 is 2.00 bits per heavy atom. The topological polar surface area (TPSA) is 26.3 Å². The normalized spacial score (nSPS) is 11.4. The second kappa shape index (κ2) is 4.96. The molecule has 6 heteroatoms. The van der Waals surface area contributed by atoms with Gasteiger partial charge in [0.15, 0.2) is 5.78 Å². The number of halogens is 4. The Hall–Kier alpha value is -1.23. The van der Waals surface area contributed by atoms with E-state index in [1.54, 1.807) is 6.92 Å². The molecule has 0 radical (unpaired) electrons. The van der Waals surface area contributed by atoms with Crippen molar-refractivity contribution in [2.75, 3.05) is 6.61 Å². The summed E-state index contributed by atoms with van der Waals surface area (Å²) in [6.07, 6.45) is -4.54. The van der Waals surface area contributed by atoms with Gasteiger partial charge >= 0.3 is 6.18 Å². The average molecular weight is 267 g/mol. The van der Waals surface area contributed by atoms with Crippen molar-refractivity contribution in [3.63, 3.8) is 0 Å². The van der Waals surface area contributed by atoms with Crippen molar-refractivity contribution in [2.45, 2.75) is 20.0 Å². The van der Waals surface area contributed by atoms with Crippen LogP contribution in [-0.4, -0.2) is 12.4 Å². The molecule has 1 rings (SSSR count). The molecule has 0 spiro atoms. The number of rotatable bonds is 3. The molecule has 94 valence electrons. The molecule has 0 aliphatic heterocycles. The lowest BCUT2D eigenvalue weighted by Gasteiger charge is -2.13. The molecule has 1 aromatic carbocycles. The summed E-state index contributed by atoms with van der Waals surface area (Å²) < 4.78 is 42.7. The number of carbonyl (C=O) groups is 1. The van der Waals surface area contributed by atoms with E-state index in [-0.39, 0.29) is 22.9 Å². The number of hydrogen-bond donors (Lipinski definition) is 0. The minimum atomic E-state index is -4.54. The fourth-order valence-corrected chi connectivity index (χ4v) is 1.57. The number of hydrogen-bond acceptors (Lipinski definition) is 2. The van der Waals surface area contributed by atoms with Gasteiger partial charge in [-0.1, -0.05) is 11.6 Å². The summed E-state index contributed by atoms with van der Waals surface area (Å²) in [5.74, 6) is -0.670. The number of alkyl halides is 3. The van der Waals surface area contributed by atoms with Gasteiger partial charge in [-0.2, -0.15) is 13.2 Å². The van der Waals surface area contributed by atoms with Crippen LogP contribution < -0.4 is 4.74 Å². The zero-order chi connectivity index (χ0) is 13.2. The molecule has 0 saturated heterocycles. The van der Waals surface area contributed by atoms with Gasteiger partial charge in [0, 0.05) is 5.56 Å². The monoisotopic (exact) mass is 266 g/mol. The van der Waals surface area contributed by atoms with E-state index < -0.39 is 17.5 Å². The first-order valence-corrected chi connectivity index (χ1v) is 5.19. The third-order valence-electron chi connectivity index (χ3n) is 2.05. The van der Waals surface area contributed by atoms with Crippen molar-refractivity contribution < 1.29 is 22.7 Å². The van der Waals surface area contributed by atoms with Gasteiger partial charge in [-0.05, 0) is 26.0 Å². The Morgan fingerprint density at radius 1 is 1.41 bits per heavy atom. The lowest BCUT2D eigenvalue weighted by atomic mass is 10.1. The minimum absolute atomic E-state index is 0.0904. The Bertz CT molecular complexity index is 441. The molecule has 0 aliphatic rings. The second-order valence-electron chi connectivity index (χ2n) is 3.32. The Labute approximate surface area is 101 Å². The number of carbonyl (C=O) groups excluding carboxylic acids is 1. The van der Waals surface area contributed by atoms with Gasteiger partial charge in [0.2, 0.25) is 0 Å². The summed E-state index contributed by atoms with van der Waals surface area (Å²) in [7, 11) is 0. The molecule has 0 heterocycles. The Morgan fingerprint density at radius 3 is 2.41 bits per heavy atom. The highest BCUT2D eigenvalue weighted by molar-refractivity contribution is 6.35. The molecule has 0 unspecified atom stereocenters. The van der Waals surface area contributed by atoms with Gasteiger partial charge in [0.05, 0.1) is 17.2 Å². The van der Waals surface area contributed by atoms with Crippen LogP contribution in [0.5, 0.6) is 5.75 Å². The van der Waals surface area contributed by atoms with Gasteiger partial charge in [-0.15, -0.1) is 0 Å². The zero-order valence-electron chi connectivity index (χ0n) is 9.19. The number of benzene rings is 1. The van der Waals surface area contributed by atoms with Crippen LogP contribution in [0.25, 0.3) is 0 Å². The fourth-order valence-electron chi connectivity index (χ4n) is 1.28. The predicted octanol–water partition coefficient (Wildman–Crippen LogP) is 3.96. The van der Waals surface area contributed by atoms with Gasteiger partial charge < -0.3 is 4.74 Å². The van der Waals surface area contributed by atoms with E-state index in [4.69, 9.17) is 16.3 Å². The second-order valence-corrected chi connectivity index (χ2v) is 3.70. The zero-order valence-corrected chi connectivity index (χ0v) is 9.95. The summed E-state index contributed by atoms with van der Waals surface area (Å²) in [5.41, 5.74) is -1.14. The van der Waals surface area contributed by atoms with Crippen LogP contribution >= 0.6 is 11.6 Å². The maximum atomic E-state index is 12.6. The largest absolute Gasteiger partial charge is 0.492 e. The van der Waals surface area contributed by atoms with Crippen LogP contribution in [-0.2, 0) is 6.18 Å². The molecular formula is C11H10ClF3O2. The van der Waals surface area contributed by atoms with E-state index in [0.29, 0.717) is 0 Å². The van der Waals surface area contributed by atoms with E-state index in [1.807, 2.05) is 0 Å². The van der Waals surface area contributed by atoms with Crippen LogP contribution in [0.3, 0.4) is 0 Å². The van der Waals surface area contributed by atoms with Gasteiger partial charge in [0.25, 0.3) is 0 Å². The molecule has 1 aromatic rings. The predicted molar refractivity (Wildman–Crippen MR) is 57.6 cm³/mol. The van der Waals surface area contributed by atoms with Crippen molar-refractivity contribution >= 4 is 17.4 Å². The van der Waals surface area contributed by atoms with Crippen molar-refractivity contribution in [1.29, 1.82) is 0 Å². The Kier molecular flexibility index (Phi) is 4.03. The standard InChI is InChI=1S/C11H10ClF3O2/c1-3-17-9-5-7(11(13,14)15)4-8(6(2)16)10(9)12/h4-5H,3H2,1-2H3. The van der Waals surface area contributed by atoms with Crippen LogP contribution in [0.15, 0.2) is 12.1 Å². The smallest absolute Gasteiger partial charge is 0.416 e. The minimum Gasteiger partial charge on any atom is -0.492 e. The van der Waals surface area contributed by atoms with E-state index in [1.165, 1.54) is 0 Å². The van der Waals surface area contributed by atoms with Crippen LogP contribution in [0.1, 0.15) is 29.8 Å². The SMILES string of the molecule is CCOc1cc(C(F)(F)F)cc(C(C)=O)c1Cl. The van der Waals surface area contributed by atoms with E-state index in [0.717, 1.165) is 19.1 Å². The van der Waals surface area contributed by atoms with Gasteiger partial charge in [0.1, 0.15) is 5.75 Å². The van der Waals surface area contributed by atoms with E-state index >= 15 is 0 Å². The summed E-state index contributed by atoms with van der Waals surface area (Å²) >= 11 is 5.79. The molecule has 0 bridgehead atoms. The molecule has 2 nitrogen and oxygen atoms in total. The Balaban J connectivity index is 3.42. The van der Waals surface area contributed by atoms with Crippen molar-refractivity contribution in [2.24, 2.45) is 0 Å². The average Bonchev–Trinajstić information content (AvgIpc) is 2.19. The molecule has 0 aromatic heterocycles. The number of ketones is 1. The van der Waals surface area contributed by atoms with E-state index in [2.05, 4.69) is 0 Å². The highest BCUT2D eigenvalue weighted by Crippen LogP contribution is 2.37. The third kappa shape index (κ3) is 3.12. The van der Waals surface area contributed by atoms with Crippen LogP contribution in [0, 0.1) is 0 Å². The molecule has 17 heavy (non-hydrogen) atoms. The fraction of sp³-hybridized carbons (Fsp3) is 0.364. The van der Waals surface area contributed by atoms with Crippen LogP contribution in [0.2, 0.25) is 5.02 Å².